The molecule has 0 radical (unpaired) electrons. The zero-order valence-corrected chi connectivity index (χ0v) is 19.0. The van der Waals surface area contributed by atoms with Gasteiger partial charge < -0.3 is 10.6 Å². The monoisotopic (exact) mass is 459 g/mol. The van der Waals surface area contributed by atoms with Crippen LogP contribution >= 0.6 is 0 Å². The second kappa shape index (κ2) is 8.02. The van der Waals surface area contributed by atoms with Crippen molar-refractivity contribution in [1.82, 2.24) is 29.6 Å². The van der Waals surface area contributed by atoms with E-state index in [1.165, 1.54) is 11.1 Å². The van der Waals surface area contributed by atoms with Gasteiger partial charge >= 0.3 is 0 Å². The van der Waals surface area contributed by atoms with Gasteiger partial charge in [0.15, 0.2) is 17.1 Å². The minimum absolute atomic E-state index is 0.198. The molecule has 1 aromatic carbocycles. The molecule has 1 aliphatic carbocycles. The molecule has 0 atom stereocenters. The summed E-state index contributed by atoms with van der Waals surface area (Å²) in [5.74, 6) is 0.863. The van der Waals surface area contributed by atoms with Gasteiger partial charge in [-0.25, -0.2) is 23.7 Å². The number of fused-ring (bicyclic) bond motifs is 2. The summed E-state index contributed by atoms with van der Waals surface area (Å²) in [7, 11) is 0. The Morgan fingerprint density at radius 2 is 2.06 bits per heavy atom. The van der Waals surface area contributed by atoms with Gasteiger partial charge in [-0.15, -0.1) is 0 Å². The van der Waals surface area contributed by atoms with Crippen molar-refractivity contribution in [3.05, 3.63) is 69.8 Å². The lowest BCUT2D eigenvalue weighted by Crippen LogP contribution is -2.30. The van der Waals surface area contributed by atoms with Crippen molar-refractivity contribution in [1.29, 1.82) is 0 Å². The largest absolute Gasteiger partial charge is 0.324 e. The van der Waals surface area contributed by atoms with Crippen LogP contribution in [0, 0.1) is 0 Å². The number of nitrogens with one attached hydrogen (secondary N) is 2. The summed E-state index contributed by atoms with van der Waals surface area (Å²) >= 11 is 0. The number of halogens is 1. The van der Waals surface area contributed by atoms with Crippen LogP contribution in [0.3, 0.4) is 0 Å². The third kappa shape index (κ3) is 3.38. The summed E-state index contributed by atoms with van der Waals surface area (Å²) in [6.45, 7) is 4.14. The van der Waals surface area contributed by atoms with Crippen molar-refractivity contribution >= 4 is 22.7 Å². The molecule has 0 unspecified atom stereocenters. The first-order valence-electron chi connectivity index (χ1n) is 11.8. The number of alkyl halides is 1. The van der Waals surface area contributed by atoms with Gasteiger partial charge in [0.05, 0.1) is 5.69 Å². The maximum absolute atomic E-state index is 15.1. The van der Waals surface area contributed by atoms with Gasteiger partial charge in [-0.3, -0.25) is 4.79 Å². The van der Waals surface area contributed by atoms with Gasteiger partial charge in [0.25, 0.3) is 5.56 Å². The van der Waals surface area contributed by atoms with Crippen LogP contribution in [0.1, 0.15) is 43.0 Å². The molecular weight excluding hydrogens is 433 g/mol. The number of hydrogen-bond acceptors (Lipinski definition) is 6. The Morgan fingerprint density at radius 3 is 2.85 bits per heavy atom. The Bertz CT molecular complexity index is 1450. The zero-order valence-electron chi connectivity index (χ0n) is 19.0. The van der Waals surface area contributed by atoms with Crippen molar-refractivity contribution < 1.29 is 4.39 Å². The molecule has 34 heavy (non-hydrogen) atoms. The fraction of sp³-hybridized carbons (Fsp3) is 0.360. The molecule has 1 aliphatic heterocycles. The van der Waals surface area contributed by atoms with Crippen molar-refractivity contribution in [2.45, 2.75) is 51.4 Å². The Balaban J connectivity index is 1.43. The lowest BCUT2D eigenvalue weighted by atomic mass is 9.79. The number of anilines is 2. The van der Waals surface area contributed by atoms with Crippen molar-refractivity contribution in [2.75, 3.05) is 11.9 Å². The van der Waals surface area contributed by atoms with E-state index in [2.05, 4.69) is 37.7 Å². The quantitative estimate of drug-likeness (QED) is 0.473. The van der Waals surface area contributed by atoms with E-state index in [0.29, 0.717) is 47.9 Å². The second-order valence-corrected chi connectivity index (χ2v) is 9.00. The first kappa shape index (κ1) is 21.0. The van der Waals surface area contributed by atoms with Crippen LogP contribution in [0.25, 0.3) is 16.9 Å². The summed E-state index contributed by atoms with van der Waals surface area (Å²) in [5, 5.41) is 7.05. The minimum Gasteiger partial charge on any atom is -0.324 e. The number of hydrogen-bond donors (Lipinski definition) is 2. The molecule has 6 rings (SSSR count). The van der Waals surface area contributed by atoms with E-state index in [0.717, 1.165) is 31.6 Å². The molecule has 0 spiro atoms. The lowest BCUT2D eigenvalue weighted by Gasteiger charge is -2.33. The van der Waals surface area contributed by atoms with Gasteiger partial charge in [-0.05, 0) is 74.5 Å². The first-order valence-corrected chi connectivity index (χ1v) is 11.8. The van der Waals surface area contributed by atoms with E-state index in [1.807, 2.05) is 13.0 Å². The third-order valence-corrected chi connectivity index (χ3v) is 6.88. The van der Waals surface area contributed by atoms with E-state index in [-0.39, 0.29) is 5.56 Å². The molecule has 0 bridgehead atoms. The molecule has 4 heterocycles. The highest BCUT2D eigenvalue weighted by atomic mass is 19.1. The van der Waals surface area contributed by atoms with Crippen LogP contribution in [0.15, 0.2) is 47.4 Å². The number of pyridine rings is 1. The maximum atomic E-state index is 15.1. The molecule has 4 aromatic rings. The molecule has 2 N–H and O–H groups in total. The first-order chi connectivity index (χ1) is 16.6. The molecule has 2 aliphatic rings. The van der Waals surface area contributed by atoms with E-state index in [9.17, 15) is 4.79 Å². The van der Waals surface area contributed by atoms with Gasteiger partial charge in [0, 0.05) is 25.0 Å². The van der Waals surface area contributed by atoms with Crippen LogP contribution in [0.2, 0.25) is 0 Å². The normalized spacial score (nSPS) is 16.8. The topological polar surface area (TPSA) is 89.7 Å². The van der Waals surface area contributed by atoms with Gasteiger partial charge in [-0.1, -0.05) is 12.1 Å². The highest BCUT2D eigenvalue weighted by molar-refractivity contribution is 5.77. The molecule has 9 heteroatoms. The summed E-state index contributed by atoms with van der Waals surface area (Å²) in [5.41, 5.74) is 2.76. The Hall–Kier alpha value is -3.59. The molecular formula is C25H26FN7O. The predicted molar refractivity (Wildman–Crippen MR) is 128 cm³/mol. The van der Waals surface area contributed by atoms with E-state index >= 15 is 4.39 Å². The van der Waals surface area contributed by atoms with Crippen LogP contribution in [-0.4, -0.2) is 30.9 Å². The van der Waals surface area contributed by atoms with Crippen LogP contribution in [0.5, 0.6) is 0 Å². The summed E-state index contributed by atoms with van der Waals surface area (Å²) in [6, 6.07) is 11.5. The van der Waals surface area contributed by atoms with Crippen molar-refractivity contribution in [3.8, 4) is 5.82 Å². The van der Waals surface area contributed by atoms with Crippen LogP contribution in [-0.2, 0) is 25.2 Å². The highest BCUT2D eigenvalue weighted by Gasteiger charge is 2.40. The molecule has 174 valence electrons. The lowest BCUT2D eigenvalue weighted by molar-refractivity contribution is 0.0559. The van der Waals surface area contributed by atoms with Crippen molar-refractivity contribution in [2.24, 2.45) is 0 Å². The number of rotatable bonds is 5. The number of benzene rings is 1. The van der Waals surface area contributed by atoms with E-state index in [1.54, 1.807) is 33.8 Å². The summed E-state index contributed by atoms with van der Waals surface area (Å²) in [6.07, 6.45) is 4.33. The highest BCUT2D eigenvalue weighted by Crippen LogP contribution is 2.44. The van der Waals surface area contributed by atoms with E-state index in [4.69, 9.17) is 0 Å². The van der Waals surface area contributed by atoms with Gasteiger partial charge in [-0.2, -0.15) is 4.98 Å². The third-order valence-electron chi connectivity index (χ3n) is 6.88. The fourth-order valence-corrected chi connectivity index (χ4v) is 4.82. The number of nitrogens with zero attached hydrogens (tertiary/aromatic N) is 5. The second-order valence-electron chi connectivity index (χ2n) is 9.00. The SMILES string of the molecule is CCn1c(=O)c2cnc(Nc3ccc4c(c3)CCNC4)nc2n1-c1cccc(C2(F)CCC2)n1. The van der Waals surface area contributed by atoms with Crippen LogP contribution in [0.4, 0.5) is 16.0 Å². The van der Waals surface area contributed by atoms with Crippen molar-refractivity contribution in [3.63, 3.8) is 0 Å². The molecule has 3 aromatic heterocycles. The molecule has 0 saturated heterocycles. The molecule has 1 saturated carbocycles. The maximum Gasteiger partial charge on any atom is 0.278 e. The average Bonchev–Trinajstić information content (AvgIpc) is 3.13. The predicted octanol–water partition coefficient (Wildman–Crippen LogP) is 3.74. The molecule has 8 nitrogen and oxygen atoms in total. The average molecular weight is 460 g/mol. The van der Waals surface area contributed by atoms with E-state index < -0.39 is 5.67 Å². The number of aromatic nitrogens is 5. The fourth-order valence-electron chi connectivity index (χ4n) is 4.82. The Morgan fingerprint density at radius 1 is 1.18 bits per heavy atom. The Kier molecular flexibility index (Phi) is 4.95. The smallest absolute Gasteiger partial charge is 0.278 e. The Labute approximate surface area is 195 Å². The van der Waals surface area contributed by atoms with Gasteiger partial charge in [0.1, 0.15) is 5.39 Å². The summed E-state index contributed by atoms with van der Waals surface area (Å²) < 4.78 is 18.3. The summed E-state index contributed by atoms with van der Waals surface area (Å²) in [4.78, 5) is 26.8. The molecule has 0 amide bonds. The van der Waals surface area contributed by atoms with Crippen LogP contribution < -0.4 is 16.2 Å². The zero-order chi connectivity index (χ0) is 23.3. The van der Waals surface area contributed by atoms with Gasteiger partial charge in [0.2, 0.25) is 5.95 Å². The standard InChI is InChI=1S/C25H26FN7O/c1-2-32-23(34)19-15-28-24(29-18-8-7-17-14-27-12-9-16(17)13-18)31-22(19)33(32)21-6-3-5-20(30-21)25(26)10-4-11-25/h3,5-8,13,15,27H,2,4,9-12,14H2,1H3,(H,28,29,31). The molecule has 1 fully saturated rings. The minimum atomic E-state index is -1.39.